The first-order valence-corrected chi connectivity index (χ1v) is 10.5. The first kappa shape index (κ1) is 20.9. The van der Waals surface area contributed by atoms with Crippen LogP contribution in [-0.2, 0) is 6.18 Å². The van der Waals surface area contributed by atoms with Gasteiger partial charge in [0, 0.05) is 43.5 Å². The zero-order valence-corrected chi connectivity index (χ0v) is 17.2. The number of rotatable bonds is 4. The fourth-order valence-electron chi connectivity index (χ4n) is 4.14. The van der Waals surface area contributed by atoms with E-state index in [0.717, 1.165) is 23.8 Å². The summed E-state index contributed by atoms with van der Waals surface area (Å²) in [6.07, 6.45) is -2.07. The van der Waals surface area contributed by atoms with Crippen LogP contribution in [0, 0.1) is 5.41 Å². The zero-order valence-electron chi connectivity index (χ0n) is 16.4. The van der Waals surface area contributed by atoms with Crippen molar-refractivity contribution in [2.24, 2.45) is 5.41 Å². The minimum Gasteiger partial charge on any atom is -0.370 e. The van der Waals surface area contributed by atoms with Gasteiger partial charge in [-0.25, -0.2) is 13.8 Å². The topological polar surface area (TPSA) is 70.9 Å². The maximum Gasteiger partial charge on any atom is 0.433 e. The molecule has 0 atom stereocenters. The highest BCUT2D eigenvalue weighted by molar-refractivity contribution is 7.14. The van der Waals surface area contributed by atoms with Crippen LogP contribution in [0.4, 0.5) is 33.5 Å². The molecule has 32 heavy (non-hydrogen) atoms. The van der Waals surface area contributed by atoms with Crippen LogP contribution < -0.4 is 9.80 Å². The second-order valence-electron chi connectivity index (χ2n) is 7.93. The number of alkyl halides is 5. The second-order valence-corrected chi connectivity index (χ2v) is 8.94. The predicted molar refractivity (Wildman–Crippen MR) is 107 cm³/mol. The zero-order chi connectivity index (χ0) is 22.5. The van der Waals surface area contributed by atoms with Crippen LogP contribution >= 0.6 is 11.3 Å². The van der Waals surface area contributed by atoms with Crippen molar-refractivity contribution in [1.82, 2.24) is 25.1 Å². The Bertz CT molecular complexity index is 1130. The standard InChI is InChI=1S/C19H16F5N7S/c20-15(21)17-29-28-16(32-17)12-6-25-7-14(27-12)30-4-2-18(8-30)9-31(10-18)11-1-3-26-13(5-11)19(22,23)24/h1,3,5-7,15H,2,4,8-10H2. The molecule has 0 bridgehead atoms. The third-order valence-electron chi connectivity index (χ3n) is 5.68. The largest absolute Gasteiger partial charge is 0.433 e. The molecule has 2 aliphatic heterocycles. The third kappa shape index (κ3) is 3.85. The van der Waals surface area contributed by atoms with Gasteiger partial charge in [0.15, 0.2) is 10.0 Å². The molecular formula is C19H16F5N7S. The summed E-state index contributed by atoms with van der Waals surface area (Å²) >= 11 is 0.776. The van der Waals surface area contributed by atoms with Gasteiger partial charge in [-0.1, -0.05) is 11.3 Å². The van der Waals surface area contributed by atoms with Gasteiger partial charge in [0.2, 0.25) is 0 Å². The van der Waals surface area contributed by atoms with E-state index in [1.54, 1.807) is 12.3 Å². The quantitative estimate of drug-likeness (QED) is 0.534. The van der Waals surface area contributed by atoms with E-state index in [2.05, 4.69) is 30.0 Å². The van der Waals surface area contributed by atoms with E-state index in [0.29, 0.717) is 43.4 Å². The summed E-state index contributed by atoms with van der Waals surface area (Å²) in [5.74, 6) is 0.606. The van der Waals surface area contributed by atoms with Crippen molar-refractivity contribution in [3.8, 4) is 10.7 Å². The summed E-state index contributed by atoms with van der Waals surface area (Å²) < 4.78 is 64.4. The van der Waals surface area contributed by atoms with Crippen molar-refractivity contribution in [2.75, 3.05) is 36.0 Å². The Labute approximate surface area is 183 Å². The van der Waals surface area contributed by atoms with Gasteiger partial charge in [0.05, 0.1) is 12.4 Å². The Kier molecular flexibility index (Phi) is 4.95. The Balaban J connectivity index is 1.27. The minimum absolute atomic E-state index is 0.0507. The molecule has 0 amide bonds. The Hall–Kier alpha value is -2.96. The number of hydrogen-bond donors (Lipinski definition) is 0. The number of aromatic nitrogens is 5. The fraction of sp³-hybridized carbons (Fsp3) is 0.421. The van der Waals surface area contributed by atoms with Crippen molar-refractivity contribution in [3.63, 3.8) is 0 Å². The summed E-state index contributed by atoms with van der Waals surface area (Å²) in [5, 5.41) is 7.16. The van der Waals surface area contributed by atoms with E-state index in [4.69, 9.17) is 0 Å². The number of halogens is 5. The van der Waals surface area contributed by atoms with Crippen LogP contribution in [0.1, 0.15) is 23.5 Å². The molecule has 0 aromatic carbocycles. The van der Waals surface area contributed by atoms with Crippen LogP contribution in [-0.4, -0.2) is 51.3 Å². The molecule has 3 aromatic heterocycles. The predicted octanol–water partition coefficient (Wildman–Crippen LogP) is 4.06. The highest BCUT2D eigenvalue weighted by Crippen LogP contribution is 2.43. The highest BCUT2D eigenvalue weighted by atomic mass is 32.1. The number of pyridine rings is 1. The lowest BCUT2D eigenvalue weighted by molar-refractivity contribution is -0.141. The van der Waals surface area contributed by atoms with Gasteiger partial charge < -0.3 is 9.80 Å². The van der Waals surface area contributed by atoms with Gasteiger partial charge in [0.25, 0.3) is 6.43 Å². The summed E-state index contributed by atoms with van der Waals surface area (Å²) in [7, 11) is 0. The number of anilines is 2. The molecule has 168 valence electrons. The molecule has 0 aliphatic carbocycles. The summed E-state index contributed by atoms with van der Waals surface area (Å²) in [6, 6.07) is 2.66. The van der Waals surface area contributed by atoms with Crippen LogP contribution in [0.15, 0.2) is 30.7 Å². The number of nitrogens with zero attached hydrogens (tertiary/aromatic N) is 7. The van der Waals surface area contributed by atoms with Crippen LogP contribution in [0.5, 0.6) is 0 Å². The van der Waals surface area contributed by atoms with Gasteiger partial charge in [-0.3, -0.25) is 9.97 Å². The average molecular weight is 469 g/mol. The molecule has 3 aromatic rings. The van der Waals surface area contributed by atoms with E-state index in [1.165, 1.54) is 12.4 Å². The molecule has 5 heterocycles. The van der Waals surface area contributed by atoms with Gasteiger partial charge in [-0.15, -0.1) is 10.2 Å². The summed E-state index contributed by atoms with van der Waals surface area (Å²) in [4.78, 5) is 16.1. The Morgan fingerprint density at radius 3 is 2.56 bits per heavy atom. The van der Waals surface area contributed by atoms with Crippen molar-refractivity contribution < 1.29 is 22.0 Å². The van der Waals surface area contributed by atoms with Crippen LogP contribution in [0.2, 0.25) is 0 Å². The molecule has 7 nitrogen and oxygen atoms in total. The van der Waals surface area contributed by atoms with Gasteiger partial charge >= 0.3 is 6.18 Å². The summed E-state index contributed by atoms with van der Waals surface area (Å²) in [5.41, 5.74) is -0.0723. The molecule has 13 heteroatoms. The lowest BCUT2D eigenvalue weighted by Gasteiger charge is -2.49. The molecule has 1 spiro atoms. The molecule has 5 rings (SSSR count). The summed E-state index contributed by atoms with van der Waals surface area (Å²) in [6.45, 7) is 2.66. The first-order chi connectivity index (χ1) is 15.2. The van der Waals surface area contributed by atoms with E-state index in [-0.39, 0.29) is 15.4 Å². The van der Waals surface area contributed by atoms with Gasteiger partial charge in [-0.2, -0.15) is 13.2 Å². The molecule has 0 N–H and O–H groups in total. The average Bonchev–Trinajstić information content (AvgIpc) is 3.40. The monoisotopic (exact) mass is 469 g/mol. The Morgan fingerprint density at radius 1 is 1.06 bits per heavy atom. The number of hydrogen-bond acceptors (Lipinski definition) is 8. The van der Waals surface area contributed by atoms with Crippen LogP contribution in [0.3, 0.4) is 0 Å². The molecular weight excluding hydrogens is 453 g/mol. The van der Waals surface area contributed by atoms with Crippen molar-refractivity contribution in [1.29, 1.82) is 0 Å². The molecule has 0 saturated carbocycles. The van der Waals surface area contributed by atoms with Gasteiger partial charge in [0.1, 0.15) is 17.2 Å². The van der Waals surface area contributed by atoms with Crippen molar-refractivity contribution >= 4 is 22.8 Å². The van der Waals surface area contributed by atoms with E-state index in [1.807, 2.05) is 4.90 Å². The normalized spacial score (nSPS) is 17.9. The molecule has 0 radical (unpaired) electrons. The van der Waals surface area contributed by atoms with E-state index < -0.39 is 18.3 Å². The minimum atomic E-state index is -4.48. The van der Waals surface area contributed by atoms with Crippen LogP contribution in [0.25, 0.3) is 10.7 Å². The van der Waals surface area contributed by atoms with Crippen molar-refractivity contribution in [3.05, 3.63) is 41.4 Å². The molecule has 0 unspecified atom stereocenters. The molecule has 2 saturated heterocycles. The lowest BCUT2D eigenvalue weighted by atomic mass is 9.79. The SMILES string of the molecule is FC(F)c1nnc(-c2cncc(N3CCC4(CN(c5ccnc(C(F)(F)F)c5)C4)C3)n2)s1. The third-order valence-corrected chi connectivity index (χ3v) is 6.64. The van der Waals surface area contributed by atoms with E-state index in [9.17, 15) is 22.0 Å². The maximum absolute atomic E-state index is 12.9. The lowest BCUT2D eigenvalue weighted by Crippen LogP contribution is -2.57. The smallest absolute Gasteiger partial charge is 0.370 e. The fourth-order valence-corrected chi connectivity index (χ4v) is 4.80. The second kappa shape index (κ2) is 7.57. The highest BCUT2D eigenvalue weighted by Gasteiger charge is 2.48. The molecule has 2 aliphatic rings. The Morgan fingerprint density at radius 2 is 1.84 bits per heavy atom. The maximum atomic E-state index is 12.9. The van der Waals surface area contributed by atoms with Gasteiger partial charge in [-0.05, 0) is 18.6 Å². The van der Waals surface area contributed by atoms with E-state index >= 15 is 0 Å². The van der Waals surface area contributed by atoms with Crippen molar-refractivity contribution in [2.45, 2.75) is 19.0 Å². The molecule has 2 fully saturated rings. The first-order valence-electron chi connectivity index (χ1n) is 9.70.